The molecule has 4 saturated carbocycles. The van der Waals surface area contributed by atoms with Crippen molar-refractivity contribution in [3.8, 4) is 0 Å². The molecule has 0 aromatic heterocycles. The van der Waals surface area contributed by atoms with Crippen molar-refractivity contribution >= 4 is 22.8 Å². The Labute approximate surface area is 253 Å². The highest BCUT2D eigenvalue weighted by atomic mass is 32.2. The number of hydrogen-bond donors (Lipinski definition) is 0. The van der Waals surface area contributed by atoms with Crippen molar-refractivity contribution in [3.05, 3.63) is 35.9 Å². The molecule has 0 N–H and O–H groups in total. The lowest BCUT2D eigenvalue weighted by atomic mass is 9.41. The first-order chi connectivity index (χ1) is 20.1. The van der Waals surface area contributed by atoms with Gasteiger partial charge in [-0.15, -0.1) is 0 Å². The van der Waals surface area contributed by atoms with Crippen LogP contribution in [0.1, 0.15) is 97.5 Å². The molecule has 234 valence electrons. The minimum absolute atomic E-state index is 0.0369. The van der Waals surface area contributed by atoms with Crippen molar-refractivity contribution in [2.45, 2.75) is 110 Å². The first-order valence-electron chi connectivity index (χ1n) is 16.5. The van der Waals surface area contributed by atoms with Crippen LogP contribution < -0.4 is 0 Å². The Kier molecular flexibility index (Phi) is 9.47. The molecule has 0 aliphatic heterocycles. The number of hydrogen-bond acceptors (Lipinski definition) is 6. The summed E-state index contributed by atoms with van der Waals surface area (Å²) < 4.78 is 37.3. The Morgan fingerprint density at radius 1 is 0.929 bits per heavy atom. The van der Waals surface area contributed by atoms with Gasteiger partial charge in [-0.05, 0) is 116 Å². The number of benzene rings is 1. The summed E-state index contributed by atoms with van der Waals surface area (Å²) in [4.78, 5) is 23.1. The fourth-order valence-corrected chi connectivity index (χ4v) is 12.5. The molecule has 0 bridgehead atoms. The summed E-state index contributed by atoms with van der Waals surface area (Å²) in [6.07, 6.45) is 9.96. The Morgan fingerprint density at radius 2 is 1.62 bits per heavy atom. The van der Waals surface area contributed by atoms with Crippen LogP contribution in [0.3, 0.4) is 0 Å². The van der Waals surface area contributed by atoms with E-state index in [1.807, 2.05) is 30.3 Å². The maximum Gasteiger partial charge on any atom is 0.293 e. The van der Waals surface area contributed by atoms with E-state index < -0.39 is 9.84 Å². The van der Waals surface area contributed by atoms with E-state index >= 15 is 0 Å². The second-order valence-corrected chi connectivity index (χ2v) is 16.9. The molecule has 0 heterocycles. The van der Waals surface area contributed by atoms with E-state index in [0.717, 1.165) is 50.5 Å². The van der Waals surface area contributed by atoms with Crippen molar-refractivity contribution in [3.63, 3.8) is 0 Å². The lowest BCUT2D eigenvalue weighted by molar-refractivity contribution is -0.213. The smallest absolute Gasteiger partial charge is 0.293 e. The minimum atomic E-state index is -3.13. The van der Waals surface area contributed by atoms with Gasteiger partial charge >= 0.3 is 0 Å². The largest absolute Gasteiger partial charge is 0.465 e. The van der Waals surface area contributed by atoms with Crippen LogP contribution in [0.4, 0.5) is 0 Å². The zero-order chi connectivity index (χ0) is 30.1. The zero-order valence-corrected chi connectivity index (χ0v) is 26.9. The van der Waals surface area contributed by atoms with Crippen LogP contribution in [-0.4, -0.2) is 39.3 Å². The number of carbonyl (C=O) groups excluding carboxylic acids is 2. The molecule has 6 nitrogen and oxygen atoms in total. The summed E-state index contributed by atoms with van der Waals surface area (Å²) in [5.41, 5.74) is 1.20. The Bertz CT molecular complexity index is 1190. The van der Waals surface area contributed by atoms with Crippen molar-refractivity contribution in [1.82, 2.24) is 0 Å². The van der Waals surface area contributed by atoms with E-state index in [2.05, 4.69) is 27.7 Å². The molecule has 0 amide bonds. The Balaban J connectivity index is 1.30. The predicted octanol–water partition coefficient (Wildman–Crippen LogP) is 7.01. The van der Waals surface area contributed by atoms with Crippen LogP contribution in [0, 0.1) is 52.3 Å². The number of fused-ring (bicyclic) bond motifs is 5. The number of ether oxygens (including phenoxy) is 2. The first-order valence-corrected chi connectivity index (χ1v) is 18.3. The second-order valence-electron chi connectivity index (χ2n) is 14.7. The van der Waals surface area contributed by atoms with E-state index in [0.29, 0.717) is 54.9 Å². The minimum Gasteiger partial charge on any atom is -0.465 e. The van der Waals surface area contributed by atoms with Gasteiger partial charge < -0.3 is 9.47 Å². The van der Waals surface area contributed by atoms with E-state index in [1.54, 1.807) is 0 Å². The molecule has 1 aromatic rings. The molecule has 4 aliphatic carbocycles. The SMILES string of the molecule is CC[C@@H]1C2C[C@H](OC=O)CCC2(C)[C@H]2CCC3(C)C([C@H](C)CCCS(=O)(=O)Cc4ccccc4)CC[C@H]3[C@@H]2[C@@H]1OC=O. The van der Waals surface area contributed by atoms with Crippen LogP contribution in [0.15, 0.2) is 30.3 Å². The second kappa shape index (κ2) is 12.6. The van der Waals surface area contributed by atoms with Gasteiger partial charge in [0.05, 0.1) is 11.5 Å². The van der Waals surface area contributed by atoms with Gasteiger partial charge in [0.1, 0.15) is 12.2 Å². The van der Waals surface area contributed by atoms with Gasteiger partial charge in [0.25, 0.3) is 12.9 Å². The van der Waals surface area contributed by atoms with Gasteiger partial charge in [-0.3, -0.25) is 9.59 Å². The van der Waals surface area contributed by atoms with Gasteiger partial charge in [0, 0.05) is 5.92 Å². The molecule has 7 heteroatoms. The van der Waals surface area contributed by atoms with Crippen LogP contribution in [-0.2, 0) is 34.7 Å². The molecular formula is C35H52O6S. The quantitative estimate of drug-likeness (QED) is 0.240. The molecular weight excluding hydrogens is 548 g/mol. The highest BCUT2D eigenvalue weighted by Gasteiger charge is 2.66. The number of rotatable bonds is 12. The average molecular weight is 601 g/mol. The summed E-state index contributed by atoms with van der Waals surface area (Å²) in [5, 5.41) is 0. The van der Waals surface area contributed by atoms with Gasteiger partial charge in [-0.2, -0.15) is 0 Å². The molecule has 0 saturated heterocycles. The fourth-order valence-electron chi connectivity index (χ4n) is 11.1. The molecule has 4 unspecified atom stereocenters. The lowest BCUT2D eigenvalue weighted by Crippen LogP contribution is -2.62. The molecule has 0 radical (unpaired) electrons. The molecule has 42 heavy (non-hydrogen) atoms. The number of sulfone groups is 1. The maximum atomic E-state index is 12.8. The van der Waals surface area contributed by atoms with Gasteiger partial charge in [-0.1, -0.05) is 58.0 Å². The average Bonchev–Trinajstić information content (AvgIpc) is 3.31. The summed E-state index contributed by atoms with van der Waals surface area (Å²) in [5.74, 6) is 3.39. The van der Waals surface area contributed by atoms with E-state index in [4.69, 9.17) is 9.47 Å². The topological polar surface area (TPSA) is 86.7 Å². The van der Waals surface area contributed by atoms with Crippen LogP contribution >= 0.6 is 0 Å². The normalized spacial score (nSPS) is 40.2. The number of carbonyl (C=O) groups is 2. The van der Waals surface area contributed by atoms with E-state index in [-0.39, 0.29) is 40.5 Å². The monoisotopic (exact) mass is 600 g/mol. The Morgan fingerprint density at radius 3 is 2.31 bits per heavy atom. The molecule has 4 aliphatic rings. The van der Waals surface area contributed by atoms with E-state index in [9.17, 15) is 18.0 Å². The predicted molar refractivity (Wildman–Crippen MR) is 164 cm³/mol. The Hall–Kier alpha value is -1.89. The van der Waals surface area contributed by atoms with Gasteiger partial charge in [-0.25, -0.2) is 8.42 Å². The molecule has 1 aromatic carbocycles. The van der Waals surface area contributed by atoms with E-state index in [1.165, 1.54) is 12.8 Å². The summed E-state index contributed by atoms with van der Waals surface area (Å²) >= 11 is 0. The fraction of sp³-hybridized carbons (Fsp3) is 0.771. The van der Waals surface area contributed by atoms with Crippen molar-refractivity contribution in [2.24, 2.45) is 52.3 Å². The lowest BCUT2D eigenvalue weighted by Gasteiger charge is -2.65. The molecule has 0 spiro atoms. The highest BCUT2D eigenvalue weighted by Crippen LogP contribution is 2.70. The summed E-state index contributed by atoms with van der Waals surface area (Å²) in [6, 6.07) is 9.48. The third-order valence-corrected chi connectivity index (χ3v) is 14.6. The summed E-state index contributed by atoms with van der Waals surface area (Å²) in [6.45, 7) is 10.8. The molecule has 4 fully saturated rings. The molecule has 5 rings (SSSR count). The zero-order valence-electron chi connectivity index (χ0n) is 26.1. The van der Waals surface area contributed by atoms with Gasteiger partial charge in [0.2, 0.25) is 0 Å². The highest BCUT2D eigenvalue weighted by molar-refractivity contribution is 7.90. The van der Waals surface area contributed by atoms with Crippen LogP contribution in [0.5, 0.6) is 0 Å². The molecule has 11 atom stereocenters. The van der Waals surface area contributed by atoms with Crippen molar-refractivity contribution in [1.29, 1.82) is 0 Å². The summed E-state index contributed by atoms with van der Waals surface area (Å²) in [7, 11) is -3.13. The van der Waals surface area contributed by atoms with Gasteiger partial charge in [0.15, 0.2) is 9.84 Å². The van der Waals surface area contributed by atoms with Crippen LogP contribution in [0.2, 0.25) is 0 Å². The third kappa shape index (κ3) is 5.80. The van der Waals surface area contributed by atoms with Crippen molar-refractivity contribution in [2.75, 3.05) is 5.75 Å². The first kappa shape index (κ1) is 31.5. The van der Waals surface area contributed by atoms with Crippen molar-refractivity contribution < 1.29 is 27.5 Å². The maximum absolute atomic E-state index is 12.8. The third-order valence-electron chi connectivity index (χ3n) is 12.9. The van der Waals surface area contributed by atoms with Crippen LogP contribution in [0.25, 0.3) is 0 Å². The standard InChI is InChI=1S/C35H52O6S/c1-5-27-31-20-26(40-22-36)15-17-35(31,4)30-16-18-34(3)28(13-14-29(34)32(30)33(27)41-23-37)24(2)10-9-19-42(38,39)21-25-11-7-6-8-12-25/h6-8,11-12,22-24,26-33H,5,9-10,13-21H2,1-4H3/t24-,26-,27-,28?,29+,30+,31?,32+,33-,34?,35?/m1/s1.